The predicted octanol–water partition coefficient (Wildman–Crippen LogP) is 4.02. The van der Waals surface area contributed by atoms with Gasteiger partial charge in [-0.2, -0.15) is 0 Å². The molecule has 0 aromatic rings. The summed E-state index contributed by atoms with van der Waals surface area (Å²) in [5, 5.41) is 18.7. The molecule has 0 amide bonds. The average Bonchev–Trinajstić information content (AvgIpc) is 3.17. The smallest absolute Gasteiger partial charge is 0.303 e. The van der Waals surface area contributed by atoms with Crippen LogP contribution in [0.3, 0.4) is 0 Å². The summed E-state index contributed by atoms with van der Waals surface area (Å²) in [4.78, 5) is 21.3. The van der Waals surface area contributed by atoms with Crippen molar-refractivity contribution in [2.45, 2.75) is 83.0 Å². The van der Waals surface area contributed by atoms with Gasteiger partial charge in [0.15, 0.2) is 0 Å². The largest absolute Gasteiger partial charge is 0.481 e. The molecule has 1 heterocycles. The fraction of sp³-hybridized carbons (Fsp3) is 0.750. The van der Waals surface area contributed by atoms with Gasteiger partial charge in [0.1, 0.15) is 6.10 Å². The fourth-order valence-electron chi connectivity index (χ4n) is 3.72. The quantitative estimate of drug-likeness (QED) is 0.315. The van der Waals surface area contributed by atoms with Crippen LogP contribution in [0.15, 0.2) is 24.3 Å². The molecule has 0 aromatic carbocycles. The van der Waals surface area contributed by atoms with Crippen LogP contribution in [0.4, 0.5) is 0 Å². The number of hydrogen-bond donors (Lipinski definition) is 2. The van der Waals surface area contributed by atoms with Crippen molar-refractivity contribution in [3.63, 3.8) is 0 Å². The Kier molecular flexibility index (Phi) is 8.65. The number of carboxylic acids is 1. The second-order valence-electron chi connectivity index (χ2n) is 7.19. The van der Waals surface area contributed by atoms with Crippen LogP contribution in [0.5, 0.6) is 0 Å². The maximum absolute atomic E-state index is 10.5. The zero-order valence-electron chi connectivity index (χ0n) is 15.2. The Morgan fingerprint density at radius 2 is 2.00 bits per heavy atom. The lowest BCUT2D eigenvalue weighted by Crippen LogP contribution is -2.28. The molecular weight excluding hydrogens is 320 g/mol. The molecule has 1 saturated carbocycles. The van der Waals surface area contributed by atoms with Gasteiger partial charge >= 0.3 is 5.97 Å². The SMILES string of the molecule is CCCCC[C@H](O)C=C[C@@H]1[C@@H](C/C=C/CCCC(=O)O)[C@@H]2C[C@H]1OO2. The van der Waals surface area contributed by atoms with Crippen LogP contribution < -0.4 is 0 Å². The highest BCUT2D eigenvalue weighted by atomic mass is 17.2. The molecule has 0 unspecified atom stereocenters. The van der Waals surface area contributed by atoms with E-state index in [1.165, 1.54) is 0 Å². The molecule has 0 aromatic heterocycles. The van der Waals surface area contributed by atoms with E-state index in [-0.39, 0.29) is 30.7 Å². The Hall–Kier alpha value is -1.17. The number of rotatable bonds is 12. The average molecular weight is 352 g/mol. The number of carboxylic acid groups (broad SMARTS) is 1. The van der Waals surface area contributed by atoms with E-state index in [9.17, 15) is 9.90 Å². The first kappa shape index (κ1) is 20.1. The summed E-state index contributed by atoms with van der Waals surface area (Å²) >= 11 is 0. The first-order valence-electron chi connectivity index (χ1n) is 9.67. The number of carbonyl (C=O) groups is 1. The van der Waals surface area contributed by atoms with E-state index in [2.05, 4.69) is 25.2 Å². The monoisotopic (exact) mass is 352 g/mol. The Balaban J connectivity index is 1.78. The van der Waals surface area contributed by atoms with Gasteiger partial charge in [-0.05, 0) is 25.7 Å². The van der Waals surface area contributed by atoms with Crippen LogP contribution in [0.25, 0.3) is 0 Å². The molecule has 2 bridgehead atoms. The number of hydrogen-bond acceptors (Lipinski definition) is 4. The predicted molar refractivity (Wildman–Crippen MR) is 95.9 cm³/mol. The molecule has 0 spiro atoms. The third kappa shape index (κ3) is 6.57. The molecule has 142 valence electrons. The molecule has 2 aliphatic rings. The highest BCUT2D eigenvalue weighted by Gasteiger charge is 2.49. The van der Waals surface area contributed by atoms with Crippen LogP contribution in [0, 0.1) is 11.8 Å². The molecule has 5 heteroatoms. The molecular formula is C20H32O5. The van der Waals surface area contributed by atoms with Gasteiger partial charge < -0.3 is 10.2 Å². The fourth-order valence-corrected chi connectivity index (χ4v) is 3.72. The van der Waals surface area contributed by atoms with Crippen LogP contribution in [-0.4, -0.2) is 34.5 Å². The maximum Gasteiger partial charge on any atom is 0.303 e. The third-order valence-electron chi connectivity index (χ3n) is 5.16. The Morgan fingerprint density at radius 3 is 2.76 bits per heavy atom. The van der Waals surface area contributed by atoms with Gasteiger partial charge in [0.05, 0.1) is 12.2 Å². The van der Waals surface area contributed by atoms with Crippen LogP contribution in [0.2, 0.25) is 0 Å². The lowest BCUT2D eigenvalue weighted by atomic mass is 9.89. The summed E-state index contributed by atoms with van der Waals surface area (Å²) in [6, 6.07) is 0. The van der Waals surface area contributed by atoms with E-state index in [1.807, 2.05) is 6.08 Å². The molecule has 1 aliphatic carbocycles. The van der Waals surface area contributed by atoms with Crippen LogP contribution in [0.1, 0.15) is 64.7 Å². The first-order valence-corrected chi connectivity index (χ1v) is 9.67. The van der Waals surface area contributed by atoms with Crippen LogP contribution >= 0.6 is 0 Å². The van der Waals surface area contributed by atoms with Gasteiger partial charge in [-0.3, -0.25) is 4.79 Å². The lowest BCUT2D eigenvalue weighted by Gasteiger charge is -2.27. The topological polar surface area (TPSA) is 76.0 Å². The minimum atomic E-state index is -0.741. The Labute approximate surface area is 150 Å². The Bertz CT molecular complexity index is 459. The molecule has 5 atom stereocenters. The first-order chi connectivity index (χ1) is 12.1. The molecule has 2 N–H and O–H groups in total. The number of aliphatic hydroxyl groups is 1. The minimum absolute atomic E-state index is 0.0921. The summed E-state index contributed by atoms with van der Waals surface area (Å²) in [6.45, 7) is 2.16. The Morgan fingerprint density at radius 1 is 1.20 bits per heavy atom. The number of aliphatic carboxylic acids is 1. The van der Waals surface area contributed by atoms with E-state index in [4.69, 9.17) is 14.9 Å². The van der Waals surface area contributed by atoms with E-state index in [0.29, 0.717) is 12.3 Å². The van der Waals surface area contributed by atoms with Crippen molar-refractivity contribution in [1.82, 2.24) is 0 Å². The van der Waals surface area contributed by atoms with Crippen molar-refractivity contribution in [2.24, 2.45) is 11.8 Å². The van der Waals surface area contributed by atoms with Crippen molar-refractivity contribution in [3.05, 3.63) is 24.3 Å². The van der Waals surface area contributed by atoms with Gasteiger partial charge in [-0.15, -0.1) is 0 Å². The van der Waals surface area contributed by atoms with E-state index in [1.54, 1.807) is 0 Å². The highest BCUT2D eigenvalue weighted by Crippen LogP contribution is 2.44. The zero-order chi connectivity index (χ0) is 18.1. The summed E-state index contributed by atoms with van der Waals surface area (Å²) in [6.07, 6.45) is 15.8. The summed E-state index contributed by atoms with van der Waals surface area (Å²) < 4.78 is 0. The van der Waals surface area contributed by atoms with E-state index >= 15 is 0 Å². The third-order valence-corrected chi connectivity index (χ3v) is 5.16. The molecule has 25 heavy (non-hydrogen) atoms. The molecule has 2 rings (SSSR count). The summed E-state index contributed by atoms with van der Waals surface area (Å²) in [5.74, 6) is -0.0912. The van der Waals surface area contributed by atoms with Crippen molar-refractivity contribution >= 4 is 5.97 Å². The molecule has 1 aliphatic heterocycles. The van der Waals surface area contributed by atoms with Crippen molar-refractivity contribution in [2.75, 3.05) is 0 Å². The summed E-state index contributed by atoms with van der Waals surface area (Å²) in [5.41, 5.74) is 0. The molecule has 5 nitrogen and oxygen atoms in total. The van der Waals surface area contributed by atoms with Gasteiger partial charge in [0.2, 0.25) is 0 Å². The van der Waals surface area contributed by atoms with Gasteiger partial charge in [-0.25, -0.2) is 9.78 Å². The van der Waals surface area contributed by atoms with Gasteiger partial charge in [-0.1, -0.05) is 50.5 Å². The van der Waals surface area contributed by atoms with Crippen LogP contribution in [-0.2, 0) is 14.6 Å². The molecule has 0 radical (unpaired) electrons. The van der Waals surface area contributed by atoms with Gasteiger partial charge in [0.25, 0.3) is 0 Å². The van der Waals surface area contributed by atoms with E-state index in [0.717, 1.165) is 44.9 Å². The van der Waals surface area contributed by atoms with E-state index < -0.39 is 5.97 Å². The van der Waals surface area contributed by atoms with Crippen molar-refractivity contribution in [3.8, 4) is 0 Å². The normalized spacial score (nSPS) is 29.8. The summed E-state index contributed by atoms with van der Waals surface area (Å²) in [7, 11) is 0. The number of unbranched alkanes of at least 4 members (excludes halogenated alkanes) is 3. The lowest BCUT2D eigenvalue weighted by molar-refractivity contribution is -0.336. The number of aliphatic hydroxyl groups excluding tert-OH is 1. The molecule has 2 fully saturated rings. The highest BCUT2D eigenvalue weighted by molar-refractivity contribution is 5.66. The second-order valence-corrected chi connectivity index (χ2v) is 7.19. The number of allylic oxidation sites excluding steroid dienone is 2. The standard InChI is InChI=1S/C20H32O5/c1-2-3-6-9-15(21)12-13-17-16(18-14-19(17)25-24-18)10-7-4-5-8-11-20(22)23/h4,7,12-13,15-19,21H,2-3,5-6,8-11,14H2,1H3,(H,22,23)/b7-4+,13-12?/t15-,16+,17+,18-,19+/m0/s1. The number of fused-ring (bicyclic) bond motifs is 2. The minimum Gasteiger partial charge on any atom is -0.481 e. The molecule has 1 saturated heterocycles. The second kappa shape index (κ2) is 10.7. The zero-order valence-corrected chi connectivity index (χ0v) is 15.2. The van der Waals surface area contributed by atoms with Gasteiger partial charge in [0, 0.05) is 24.7 Å². The van der Waals surface area contributed by atoms with Crippen molar-refractivity contribution < 1.29 is 24.8 Å². The van der Waals surface area contributed by atoms with Crippen molar-refractivity contribution in [1.29, 1.82) is 0 Å². The maximum atomic E-state index is 10.5.